The molecule has 0 bridgehead atoms. The van der Waals surface area contributed by atoms with Crippen molar-refractivity contribution < 1.29 is 32.2 Å². The first-order valence-electron chi connectivity index (χ1n) is 16.3. The third kappa shape index (κ3) is 5.90. The van der Waals surface area contributed by atoms with E-state index in [2.05, 4.69) is 15.5 Å². The molecule has 0 saturated heterocycles. The van der Waals surface area contributed by atoms with Crippen LogP contribution in [0.1, 0.15) is 40.3 Å². The van der Waals surface area contributed by atoms with Gasteiger partial charge in [-0.2, -0.15) is 0 Å². The van der Waals surface area contributed by atoms with Crippen LogP contribution in [0, 0.1) is 11.6 Å². The average Bonchev–Trinajstić information content (AvgIpc) is 3.59. The fraction of sp³-hybridized carbons (Fsp3) is 0.324. The number of carbonyl (C=O) groups is 2. The van der Waals surface area contributed by atoms with E-state index in [1.165, 1.54) is 6.08 Å². The van der Waals surface area contributed by atoms with E-state index in [0.29, 0.717) is 38.2 Å². The minimum atomic E-state index is -1.18. The number of ketones is 1. The Kier molecular flexibility index (Phi) is 8.64. The van der Waals surface area contributed by atoms with E-state index in [9.17, 15) is 14.0 Å². The SMILES string of the molecule is COCc1nc2c3c(c(OC)cc2n1C)-c1cccn2c(C(=O)c4cc(F)c(NC(=O)/C=C/CNCC5(F)CC5)c(F)c4)cc(c12)CCN3C. The number of nitrogens with one attached hydrogen (secondary N) is 2. The molecule has 1 aliphatic carbocycles. The topological polar surface area (TPSA) is 102 Å². The van der Waals surface area contributed by atoms with Crippen molar-refractivity contribution in [2.75, 3.05) is 51.1 Å². The Morgan fingerprint density at radius 2 is 1.86 bits per heavy atom. The Hall–Kier alpha value is -5.14. The fourth-order valence-electron chi connectivity index (χ4n) is 6.68. The molecule has 1 amide bonds. The normalized spacial score (nSPS) is 15.0. The summed E-state index contributed by atoms with van der Waals surface area (Å²) in [4.78, 5) is 33.4. The molecule has 5 aromatic rings. The number of pyridine rings is 1. The molecular weight excluding hydrogens is 649 g/mol. The standard InChI is InChI=1S/C37H37F3N6O4/c1-44-14-9-21-17-27(36(48)22-15-24(38)32(25(39)16-22)43-30(47)8-5-12-41-20-37(40)10-11-37)46-13-6-7-23(34(21)46)31-28(50-4)18-26-33(35(31)44)42-29(19-49-3)45(26)2/h5-8,13,15-18,41H,9-12,14,19-20H2,1-4H3,(H,43,47)/b8-5+. The number of rotatable bonds is 11. The highest BCUT2D eigenvalue weighted by molar-refractivity contribution is 6.11. The minimum Gasteiger partial charge on any atom is -0.496 e. The Balaban J connectivity index is 1.23. The number of hydrogen-bond acceptors (Lipinski definition) is 7. The minimum absolute atomic E-state index is 0.181. The third-order valence-corrected chi connectivity index (χ3v) is 9.49. The van der Waals surface area contributed by atoms with Gasteiger partial charge in [0.1, 0.15) is 46.7 Å². The van der Waals surface area contributed by atoms with E-state index in [0.717, 1.165) is 63.0 Å². The maximum atomic E-state index is 15.3. The van der Waals surface area contributed by atoms with Crippen LogP contribution in [0.3, 0.4) is 0 Å². The van der Waals surface area contributed by atoms with Gasteiger partial charge < -0.3 is 34.0 Å². The van der Waals surface area contributed by atoms with Crippen LogP contribution in [-0.2, 0) is 29.6 Å². The lowest BCUT2D eigenvalue weighted by atomic mass is 9.96. The number of aryl methyl sites for hydroxylation is 1. The molecule has 1 aliphatic heterocycles. The van der Waals surface area contributed by atoms with Crippen LogP contribution in [0.5, 0.6) is 5.75 Å². The average molecular weight is 687 g/mol. The van der Waals surface area contributed by atoms with Gasteiger partial charge in [-0.1, -0.05) is 12.1 Å². The Morgan fingerprint density at radius 3 is 2.56 bits per heavy atom. The summed E-state index contributed by atoms with van der Waals surface area (Å²) in [5, 5.41) is 5.08. The second-order valence-corrected chi connectivity index (χ2v) is 12.9. The monoisotopic (exact) mass is 686 g/mol. The molecule has 1 saturated carbocycles. The van der Waals surface area contributed by atoms with Crippen LogP contribution in [0.15, 0.2) is 54.7 Å². The van der Waals surface area contributed by atoms with Crippen LogP contribution in [0.2, 0.25) is 0 Å². The van der Waals surface area contributed by atoms with Crippen molar-refractivity contribution in [3.8, 4) is 16.9 Å². The number of ether oxygens (including phenoxy) is 2. The predicted molar refractivity (Wildman–Crippen MR) is 185 cm³/mol. The summed E-state index contributed by atoms with van der Waals surface area (Å²) < 4.78 is 59.3. The molecule has 1 fully saturated rings. The molecule has 7 rings (SSSR count). The van der Waals surface area contributed by atoms with E-state index in [4.69, 9.17) is 14.5 Å². The van der Waals surface area contributed by atoms with Crippen molar-refractivity contribution in [1.82, 2.24) is 19.3 Å². The van der Waals surface area contributed by atoms with Gasteiger partial charge in [0.15, 0.2) is 0 Å². The van der Waals surface area contributed by atoms with Gasteiger partial charge in [0.05, 0.1) is 35.1 Å². The van der Waals surface area contributed by atoms with Gasteiger partial charge in [-0.15, -0.1) is 0 Å². The number of benzene rings is 2. The molecular formula is C37H37F3N6O4. The van der Waals surface area contributed by atoms with E-state index >= 15 is 8.78 Å². The molecule has 0 spiro atoms. The number of imidazole rings is 1. The van der Waals surface area contributed by atoms with Gasteiger partial charge in [-0.05, 0) is 49.1 Å². The predicted octanol–water partition coefficient (Wildman–Crippen LogP) is 5.74. The molecule has 13 heteroatoms. The lowest BCUT2D eigenvalue weighted by Gasteiger charge is -2.27. The Morgan fingerprint density at radius 1 is 1.10 bits per heavy atom. The first kappa shape index (κ1) is 33.4. The van der Waals surface area contributed by atoms with Crippen LogP contribution < -0.4 is 20.3 Å². The molecule has 260 valence electrons. The fourth-order valence-corrected chi connectivity index (χ4v) is 6.68. The first-order valence-corrected chi connectivity index (χ1v) is 16.3. The van der Waals surface area contributed by atoms with E-state index in [1.807, 2.05) is 36.9 Å². The molecule has 0 radical (unpaired) electrons. The summed E-state index contributed by atoms with van der Waals surface area (Å²) in [6.07, 6.45) is 5.91. The molecule has 10 nitrogen and oxygen atoms in total. The first-order chi connectivity index (χ1) is 24.0. The van der Waals surface area contributed by atoms with Gasteiger partial charge in [-0.25, -0.2) is 18.2 Å². The summed E-state index contributed by atoms with van der Waals surface area (Å²) in [6, 6.07) is 9.33. The van der Waals surface area contributed by atoms with E-state index in [-0.39, 0.29) is 24.3 Å². The van der Waals surface area contributed by atoms with Crippen molar-refractivity contribution >= 4 is 39.6 Å². The van der Waals surface area contributed by atoms with Crippen molar-refractivity contribution in [2.24, 2.45) is 7.05 Å². The molecule has 2 aliphatic rings. The number of nitrogens with zero attached hydrogens (tertiary/aromatic N) is 4. The quantitative estimate of drug-likeness (QED) is 0.104. The lowest BCUT2D eigenvalue weighted by Crippen LogP contribution is -2.25. The summed E-state index contributed by atoms with van der Waals surface area (Å²) in [5.41, 5.74) is 4.02. The summed E-state index contributed by atoms with van der Waals surface area (Å²) in [5.74, 6) is -2.14. The lowest BCUT2D eigenvalue weighted by molar-refractivity contribution is -0.112. The van der Waals surface area contributed by atoms with Crippen molar-refractivity contribution in [1.29, 1.82) is 0 Å². The number of halogens is 3. The zero-order valence-electron chi connectivity index (χ0n) is 28.2. The molecule has 3 aromatic heterocycles. The Labute approximate surface area is 286 Å². The molecule has 50 heavy (non-hydrogen) atoms. The summed E-state index contributed by atoms with van der Waals surface area (Å²) in [6.45, 7) is 1.33. The summed E-state index contributed by atoms with van der Waals surface area (Å²) in [7, 11) is 7.16. The van der Waals surface area contributed by atoms with Crippen LogP contribution >= 0.6 is 0 Å². The number of carbonyl (C=O) groups excluding carboxylic acids is 2. The molecule has 0 unspecified atom stereocenters. The highest BCUT2D eigenvalue weighted by Gasteiger charge is 2.42. The van der Waals surface area contributed by atoms with Crippen molar-refractivity contribution in [3.05, 3.63) is 89.0 Å². The van der Waals surface area contributed by atoms with Gasteiger partial charge in [-0.3, -0.25) is 9.59 Å². The zero-order valence-corrected chi connectivity index (χ0v) is 28.2. The van der Waals surface area contributed by atoms with E-state index in [1.54, 1.807) is 30.9 Å². The van der Waals surface area contributed by atoms with Crippen molar-refractivity contribution in [2.45, 2.75) is 31.5 Å². The zero-order chi connectivity index (χ0) is 35.3. The molecule has 2 aromatic carbocycles. The molecule has 4 heterocycles. The molecule has 2 N–H and O–H groups in total. The molecule has 0 atom stereocenters. The number of amides is 1. The van der Waals surface area contributed by atoms with E-state index < -0.39 is 34.7 Å². The number of aromatic nitrogens is 3. The largest absolute Gasteiger partial charge is 0.496 e. The van der Waals surface area contributed by atoms with Crippen LogP contribution in [-0.4, -0.2) is 72.2 Å². The number of hydrogen-bond donors (Lipinski definition) is 2. The van der Waals surface area contributed by atoms with Gasteiger partial charge in [0, 0.05) is 70.3 Å². The highest BCUT2D eigenvalue weighted by atomic mass is 19.1. The number of anilines is 2. The number of fused-ring (bicyclic) bond motifs is 4. The smallest absolute Gasteiger partial charge is 0.248 e. The van der Waals surface area contributed by atoms with Gasteiger partial charge >= 0.3 is 0 Å². The second-order valence-electron chi connectivity index (χ2n) is 12.9. The number of methoxy groups -OCH3 is 2. The third-order valence-electron chi connectivity index (χ3n) is 9.49. The number of likely N-dealkylation sites (N-methyl/N-ethyl adjacent to an activating group) is 1. The van der Waals surface area contributed by atoms with Gasteiger partial charge in [0.2, 0.25) is 11.7 Å². The van der Waals surface area contributed by atoms with Gasteiger partial charge in [0.25, 0.3) is 0 Å². The van der Waals surface area contributed by atoms with Crippen molar-refractivity contribution in [3.63, 3.8) is 0 Å². The second kappa shape index (κ2) is 13.0. The summed E-state index contributed by atoms with van der Waals surface area (Å²) >= 11 is 0. The highest BCUT2D eigenvalue weighted by Crippen LogP contribution is 2.47. The number of alkyl halides is 1. The van der Waals surface area contributed by atoms with Crippen LogP contribution in [0.25, 0.3) is 27.7 Å². The maximum absolute atomic E-state index is 15.3. The van der Waals surface area contributed by atoms with Crippen LogP contribution in [0.4, 0.5) is 24.5 Å². The Bertz CT molecular complexity index is 2180. The maximum Gasteiger partial charge on any atom is 0.248 e.